The van der Waals surface area contributed by atoms with Gasteiger partial charge in [0.25, 0.3) is 0 Å². The van der Waals surface area contributed by atoms with E-state index in [1.165, 1.54) is 6.08 Å². The van der Waals surface area contributed by atoms with Crippen LogP contribution in [0.3, 0.4) is 0 Å². The second-order valence-corrected chi connectivity index (χ2v) is 10.2. The molecule has 7 aliphatic rings. The second kappa shape index (κ2) is 5.96. The number of allylic oxidation sites excluding steroid dienone is 6. The average molecular weight is 439 g/mol. The van der Waals surface area contributed by atoms with Gasteiger partial charge in [0.15, 0.2) is 0 Å². The summed E-state index contributed by atoms with van der Waals surface area (Å²) in [5.74, 6) is -0.836. The molecule has 0 aromatic heterocycles. The van der Waals surface area contributed by atoms with Crippen molar-refractivity contribution in [1.82, 2.24) is 0 Å². The van der Waals surface area contributed by atoms with E-state index in [2.05, 4.69) is 0 Å². The Bertz CT molecular complexity index is 1610. The molecule has 6 bridgehead atoms. The van der Waals surface area contributed by atoms with E-state index < -0.39 is 33.5 Å². The Morgan fingerprint density at radius 2 is 1.39 bits per heavy atom. The summed E-state index contributed by atoms with van der Waals surface area (Å²) in [5, 5.41) is 0. The molecule has 2 aromatic rings. The fraction of sp³-hybridized carbons (Fsp3) is 0.300. The molecule has 0 amide bonds. The number of carbonyl (C=O) groups is 3. The lowest BCUT2D eigenvalue weighted by Gasteiger charge is -2.17. The number of fused-ring (bicyclic) bond motifs is 2. The van der Waals surface area contributed by atoms with E-state index in [9.17, 15) is 14.4 Å². The third kappa shape index (κ3) is 2.23. The first kappa shape index (κ1) is 14.0. The van der Waals surface area contributed by atoms with Crippen LogP contribution in [-0.4, -0.2) is 18.9 Å². The van der Waals surface area contributed by atoms with E-state index in [1.807, 2.05) is 0 Å². The number of hydrogen-bond donors (Lipinski definition) is 0. The van der Waals surface area contributed by atoms with Crippen LogP contribution in [0.4, 0.5) is 0 Å². The summed E-state index contributed by atoms with van der Waals surface area (Å²) in [6.07, 6.45) is 7.94. The maximum absolute atomic E-state index is 12.7. The zero-order chi connectivity index (χ0) is 27.7. The Kier molecular flexibility index (Phi) is 2.54. The lowest BCUT2D eigenvalue weighted by molar-refractivity contribution is -0.111. The van der Waals surface area contributed by atoms with Crippen LogP contribution in [-0.2, 0) is 25.2 Å². The summed E-state index contributed by atoms with van der Waals surface area (Å²) >= 11 is 0. The summed E-state index contributed by atoms with van der Waals surface area (Å²) in [6.45, 7) is 0. The largest absolute Gasteiger partial charge is 0.302 e. The first-order chi connectivity index (χ1) is 18.5. The van der Waals surface area contributed by atoms with Gasteiger partial charge >= 0.3 is 0 Å². The van der Waals surface area contributed by atoms with Gasteiger partial charge < -0.3 is 14.4 Å². The summed E-state index contributed by atoms with van der Waals surface area (Å²) < 4.78 is 53.0. The molecule has 1 spiro atoms. The molecule has 0 radical (unpaired) electrons. The molecule has 6 unspecified atom stereocenters. The summed E-state index contributed by atoms with van der Waals surface area (Å²) in [5.41, 5.74) is -2.67. The molecule has 162 valence electrons. The third-order valence-corrected chi connectivity index (χ3v) is 8.70. The van der Waals surface area contributed by atoms with E-state index in [1.54, 1.807) is 36.4 Å². The Morgan fingerprint density at radius 1 is 0.788 bits per heavy atom. The van der Waals surface area contributed by atoms with Crippen molar-refractivity contribution in [3.05, 3.63) is 107 Å². The van der Waals surface area contributed by atoms with Gasteiger partial charge in [0.05, 0.1) is 24.5 Å². The van der Waals surface area contributed by atoms with Gasteiger partial charge in [-0.25, -0.2) is 0 Å². The number of aldehydes is 3. The van der Waals surface area contributed by atoms with Crippen molar-refractivity contribution in [2.45, 2.75) is 41.9 Å². The Hall–Kier alpha value is -3.33. The standard InChI is InChI=1S/C30H24O3/c31-17-28-14-25(28)20-3-7-23(8-4-20)29(18-32)15-26(29)21-5-9-24(10-6-21)30(19-33)16-27(30)12-1-2-22(28)11-13-27/h1-13,17-19,25-26H,14-16H2/i2D,7D,8D,9D,10D,11D. The van der Waals surface area contributed by atoms with Crippen LogP contribution in [0.2, 0.25) is 0 Å². The number of carbonyl (C=O) groups excluding carboxylic acids is 3. The topological polar surface area (TPSA) is 51.2 Å². The van der Waals surface area contributed by atoms with Crippen LogP contribution < -0.4 is 0 Å². The molecule has 0 saturated heterocycles. The molecular weight excluding hydrogens is 408 g/mol. The summed E-state index contributed by atoms with van der Waals surface area (Å²) in [6, 6.07) is 6.24. The molecule has 3 fully saturated rings. The first-order valence-electron chi connectivity index (χ1n) is 14.3. The van der Waals surface area contributed by atoms with Crippen molar-refractivity contribution >= 4 is 18.9 Å². The maximum Gasteiger partial charge on any atom is 0.131 e. The second-order valence-electron chi connectivity index (χ2n) is 10.2. The van der Waals surface area contributed by atoms with E-state index in [0.717, 1.165) is 18.9 Å². The van der Waals surface area contributed by atoms with Crippen molar-refractivity contribution in [3.8, 4) is 0 Å². The van der Waals surface area contributed by atoms with Gasteiger partial charge in [-0.2, -0.15) is 0 Å². The first-order valence-corrected chi connectivity index (χ1v) is 11.3. The van der Waals surface area contributed by atoms with Gasteiger partial charge in [0, 0.05) is 17.3 Å². The minimum atomic E-state index is -1.26. The number of benzene rings is 2. The molecular formula is C30H24O3. The van der Waals surface area contributed by atoms with Gasteiger partial charge in [0.1, 0.15) is 18.9 Å². The molecule has 6 atom stereocenters. The minimum absolute atomic E-state index is 0.0134. The molecule has 2 aromatic carbocycles. The fourth-order valence-electron chi connectivity index (χ4n) is 6.21. The predicted octanol–water partition coefficient (Wildman–Crippen LogP) is 4.88. The van der Waals surface area contributed by atoms with Gasteiger partial charge in [-0.05, 0) is 47.1 Å². The average Bonchev–Trinajstić information content (AvgIpc) is 3.80. The van der Waals surface area contributed by atoms with Crippen LogP contribution in [0.15, 0.2) is 84.3 Å². The van der Waals surface area contributed by atoms with Gasteiger partial charge in [0.2, 0.25) is 0 Å². The smallest absolute Gasteiger partial charge is 0.131 e. The molecule has 33 heavy (non-hydrogen) atoms. The molecule has 9 rings (SSSR count). The van der Waals surface area contributed by atoms with Crippen molar-refractivity contribution in [1.29, 1.82) is 0 Å². The number of hydrogen-bond acceptors (Lipinski definition) is 3. The van der Waals surface area contributed by atoms with Crippen molar-refractivity contribution in [2.24, 2.45) is 10.8 Å². The van der Waals surface area contributed by atoms with Gasteiger partial charge in [-0.3, -0.25) is 0 Å². The number of rotatable bonds is 3. The monoisotopic (exact) mass is 438 g/mol. The molecule has 0 N–H and O–H groups in total. The highest BCUT2D eigenvalue weighted by atomic mass is 16.1. The Labute approximate surface area is 201 Å². The van der Waals surface area contributed by atoms with E-state index in [-0.39, 0.29) is 59.4 Å². The SMILES string of the molecule is [2H]C1=CC23C=CC([2H])=C1C1(C=O)CC1c1cc([2H])c(c([2H])c1)C1(C=O)CC1c1cc([2H])c(c([2H])c1)C2(C=O)C3. The van der Waals surface area contributed by atoms with Crippen molar-refractivity contribution in [2.75, 3.05) is 0 Å². The zero-order valence-corrected chi connectivity index (χ0v) is 17.8. The van der Waals surface area contributed by atoms with Crippen LogP contribution in [0.25, 0.3) is 0 Å². The highest BCUT2D eigenvalue weighted by Gasteiger charge is 2.66. The van der Waals surface area contributed by atoms with Crippen LogP contribution in [0, 0.1) is 10.8 Å². The lowest BCUT2D eigenvalue weighted by atomic mass is 9.85. The molecule has 3 heteroatoms. The molecule has 3 saturated carbocycles. The van der Waals surface area contributed by atoms with Gasteiger partial charge in [-0.1, -0.05) is 78.8 Å². The highest BCUT2D eigenvalue weighted by molar-refractivity contribution is 5.81. The van der Waals surface area contributed by atoms with E-state index in [0.29, 0.717) is 24.0 Å². The zero-order valence-electron chi connectivity index (χ0n) is 23.8. The van der Waals surface area contributed by atoms with Crippen LogP contribution in [0.1, 0.15) is 61.6 Å². The van der Waals surface area contributed by atoms with Gasteiger partial charge in [-0.15, -0.1) is 0 Å². The predicted molar refractivity (Wildman–Crippen MR) is 125 cm³/mol. The fourth-order valence-corrected chi connectivity index (χ4v) is 6.21. The van der Waals surface area contributed by atoms with Crippen LogP contribution >= 0.6 is 0 Å². The lowest BCUT2D eigenvalue weighted by Crippen LogP contribution is -2.18. The summed E-state index contributed by atoms with van der Waals surface area (Å²) in [4.78, 5) is 37.8. The highest BCUT2D eigenvalue weighted by Crippen LogP contribution is 2.68. The Balaban J connectivity index is 1.53. The summed E-state index contributed by atoms with van der Waals surface area (Å²) in [7, 11) is 0. The maximum atomic E-state index is 12.7. The molecule has 3 nitrogen and oxygen atoms in total. The Morgan fingerprint density at radius 3 is 2.03 bits per heavy atom. The quantitative estimate of drug-likeness (QED) is 0.642. The normalized spacial score (nSPS) is 43.7. The molecule has 7 aliphatic carbocycles. The van der Waals surface area contributed by atoms with Crippen molar-refractivity contribution < 1.29 is 22.6 Å². The minimum Gasteiger partial charge on any atom is -0.302 e. The van der Waals surface area contributed by atoms with E-state index in [4.69, 9.17) is 8.22 Å². The van der Waals surface area contributed by atoms with E-state index >= 15 is 0 Å². The molecule has 0 aliphatic heterocycles. The van der Waals surface area contributed by atoms with Crippen molar-refractivity contribution in [3.63, 3.8) is 0 Å². The van der Waals surface area contributed by atoms with Crippen LogP contribution in [0.5, 0.6) is 0 Å². The third-order valence-electron chi connectivity index (χ3n) is 8.70. The molecule has 0 heterocycles.